The maximum Gasteiger partial charge on any atom is 0.161 e. The Morgan fingerprint density at radius 3 is 2.69 bits per heavy atom. The third-order valence-corrected chi connectivity index (χ3v) is 5.66. The number of rotatable bonds is 6. The van der Waals surface area contributed by atoms with E-state index in [4.69, 9.17) is 9.47 Å². The van der Waals surface area contributed by atoms with Crippen molar-refractivity contribution in [2.24, 2.45) is 5.92 Å². The predicted molar refractivity (Wildman–Crippen MR) is 114 cm³/mol. The Labute approximate surface area is 171 Å². The van der Waals surface area contributed by atoms with E-state index in [2.05, 4.69) is 27.2 Å². The number of methoxy groups -OCH3 is 2. The Morgan fingerprint density at radius 1 is 1.10 bits per heavy atom. The van der Waals surface area contributed by atoms with Crippen molar-refractivity contribution in [1.29, 1.82) is 0 Å². The van der Waals surface area contributed by atoms with Gasteiger partial charge in [-0.2, -0.15) is 5.10 Å². The number of ether oxygens (including phenoxy) is 2. The third kappa shape index (κ3) is 4.12. The van der Waals surface area contributed by atoms with E-state index in [9.17, 15) is 5.11 Å². The van der Waals surface area contributed by atoms with Gasteiger partial charge in [0.15, 0.2) is 17.3 Å². The lowest BCUT2D eigenvalue weighted by atomic mass is 9.90. The number of aromatic nitrogens is 2. The van der Waals surface area contributed by atoms with Crippen LogP contribution < -0.4 is 14.4 Å². The summed E-state index contributed by atoms with van der Waals surface area (Å²) in [6.07, 6.45) is 5.08. The Balaban J connectivity index is 1.60. The number of benzene rings is 2. The van der Waals surface area contributed by atoms with Crippen LogP contribution in [0.5, 0.6) is 11.5 Å². The fourth-order valence-corrected chi connectivity index (χ4v) is 4.24. The van der Waals surface area contributed by atoms with Gasteiger partial charge < -0.3 is 19.5 Å². The van der Waals surface area contributed by atoms with Crippen LogP contribution in [-0.2, 0) is 13.0 Å². The normalized spacial score (nSPS) is 16.8. The molecule has 2 aromatic carbocycles. The molecule has 1 unspecified atom stereocenters. The van der Waals surface area contributed by atoms with Crippen LogP contribution in [-0.4, -0.2) is 42.6 Å². The highest BCUT2D eigenvalue weighted by atomic mass is 16.5. The molecule has 0 saturated carbocycles. The van der Waals surface area contributed by atoms with Crippen molar-refractivity contribution in [2.45, 2.75) is 25.9 Å². The average molecular weight is 393 g/mol. The first kappa shape index (κ1) is 19.5. The highest BCUT2D eigenvalue weighted by Gasteiger charge is 2.23. The minimum Gasteiger partial charge on any atom is -0.493 e. The van der Waals surface area contributed by atoms with E-state index in [0.29, 0.717) is 17.4 Å². The number of hydrogen-bond donors (Lipinski definition) is 1. The quantitative estimate of drug-likeness (QED) is 0.690. The molecule has 1 fully saturated rings. The number of nitrogens with zero attached hydrogens (tertiary/aromatic N) is 3. The summed E-state index contributed by atoms with van der Waals surface area (Å²) >= 11 is 0. The molecular formula is C23H27N3O3. The number of fused-ring (bicyclic) bond motifs is 1. The average Bonchev–Trinajstić information content (AvgIpc) is 2.78. The van der Waals surface area contributed by atoms with Crippen LogP contribution in [0.1, 0.15) is 24.0 Å². The number of piperidine rings is 1. The molecule has 152 valence electrons. The van der Waals surface area contributed by atoms with Gasteiger partial charge in [0.25, 0.3) is 0 Å². The molecule has 0 spiro atoms. The topological polar surface area (TPSA) is 67.7 Å². The number of aliphatic hydroxyl groups excluding tert-OH is 1. The van der Waals surface area contributed by atoms with E-state index in [0.717, 1.165) is 48.1 Å². The first-order chi connectivity index (χ1) is 14.2. The summed E-state index contributed by atoms with van der Waals surface area (Å²) < 4.78 is 10.9. The van der Waals surface area contributed by atoms with Gasteiger partial charge in [0.05, 0.1) is 27.0 Å². The van der Waals surface area contributed by atoms with Crippen LogP contribution in [0.3, 0.4) is 0 Å². The first-order valence-corrected chi connectivity index (χ1v) is 10.0. The molecule has 1 atom stereocenters. The fraction of sp³-hybridized carbons (Fsp3) is 0.391. The van der Waals surface area contributed by atoms with Gasteiger partial charge in [0, 0.05) is 23.9 Å². The van der Waals surface area contributed by atoms with Crippen molar-refractivity contribution in [2.75, 3.05) is 32.2 Å². The highest BCUT2D eigenvalue weighted by molar-refractivity contribution is 5.94. The van der Waals surface area contributed by atoms with Crippen molar-refractivity contribution >= 4 is 16.6 Å². The van der Waals surface area contributed by atoms with Crippen molar-refractivity contribution in [3.05, 3.63) is 53.7 Å². The van der Waals surface area contributed by atoms with Gasteiger partial charge in [0.1, 0.15) is 0 Å². The van der Waals surface area contributed by atoms with Crippen molar-refractivity contribution in [1.82, 2.24) is 10.2 Å². The zero-order chi connectivity index (χ0) is 20.2. The molecule has 0 radical (unpaired) electrons. The number of hydrogen-bond acceptors (Lipinski definition) is 6. The molecule has 1 N–H and O–H groups in total. The molecule has 0 aliphatic carbocycles. The molecule has 4 rings (SSSR count). The van der Waals surface area contributed by atoms with E-state index in [-0.39, 0.29) is 6.61 Å². The standard InChI is InChI=1S/C23H27N3O3/c1-28-21-11-19-13-24-25-23(20(19)12-22(21)29-2)26-8-4-7-17(14-26)9-16-5-3-6-18(10-16)15-27/h3,5-6,10-13,17,27H,4,7-9,14-15H2,1-2H3. The molecule has 0 bridgehead atoms. The van der Waals surface area contributed by atoms with Gasteiger partial charge in [-0.3, -0.25) is 0 Å². The van der Waals surface area contributed by atoms with Crippen molar-refractivity contribution in [3.63, 3.8) is 0 Å². The van der Waals surface area contributed by atoms with Crippen molar-refractivity contribution < 1.29 is 14.6 Å². The molecule has 1 aliphatic rings. The molecular weight excluding hydrogens is 366 g/mol. The largest absolute Gasteiger partial charge is 0.493 e. The maximum atomic E-state index is 9.40. The van der Waals surface area contributed by atoms with E-state index in [1.807, 2.05) is 24.3 Å². The summed E-state index contributed by atoms with van der Waals surface area (Å²) in [6, 6.07) is 12.2. The molecule has 1 saturated heterocycles. The summed E-state index contributed by atoms with van der Waals surface area (Å²) in [5, 5.41) is 20.1. The monoisotopic (exact) mass is 393 g/mol. The van der Waals surface area contributed by atoms with Gasteiger partial charge in [-0.05, 0) is 48.4 Å². The lowest BCUT2D eigenvalue weighted by Gasteiger charge is -2.34. The maximum absolute atomic E-state index is 9.40. The molecule has 6 nitrogen and oxygen atoms in total. The van der Waals surface area contributed by atoms with Crippen LogP contribution >= 0.6 is 0 Å². The Morgan fingerprint density at radius 2 is 1.90 bits per heavy atom. The second kappa shape index (κ2) is 8.66. The minimum absolute atomic E-state index is 0.0848. The molecule has 1 aliphatic heterocycles. The van der Waals surface area contributed by atoms with Crippen LogP contribution in [0.2, 0.25) is 0 Å². The summed E-state index contributed by atoms with van der Waals surface area (Å²) in [5.74, 6) is 2.83. The fourth-order valence-electron chi connectivity index (χ4n) is 4.24. The van der Waals surface area contributed by atoms with Gasteiger partial charge in [-0.1, -0.05) is 24.3 Å². The van der Waals surface area contributed by atoms with Crippen LogP contribution in [0.4, 0.5) is 5.82 Å². The first-order valence-electron chi connectivity index (χ1n) is 10.0. The second-order valence-corrected chi connectivity index (χ2v) is 7.60. The lowest BCUT2D eigenvalue weighted by molar-refractivity contribution is 0.281. The van der Waals surface area contributed by atoms with Crippen LogP contribution in [0, 0.1) is 5.92 Å². The highest BCUT2D eigenvalue weighted by Crippen LogP contribution is 2.36. The molecule has 3 aromatic rings. The number of anilines is 1. The van der Waals surface area contributed by atoms with E-state index >= 15 is 0 Å². The van der Waals surface area contributed by atoms with Gasteiger partial charge in [-0.25, -0.2) is 0 Å². The molecule has 2 heterocycles. The van der Waals surface area contributed by atoms with Crippen LogP contribution in [0.25, 0.3) is 10.8 Å². The smallest absolute Gasteiger partial charge is 0.161 e. The Bertz CT molecular complexity index is 992. The van der Waals surface area contributed by atoms with Gasteiger partial charge >= 0.3 is 0 Å². The van der Waals surface area contributed by atoms with E-state index in [1.165, 1.54) is 12.0 Å². The molecule has 1 aromatic heterocycles. The Kier molecular flexibility index (Phi) is 5.81. The number of aliphatic hydroxyl groups is 1. The summed E-state index contributed by atoms with van der Waals surface area (Å²) in [7, 11) is 3.29. The van der Waals surface area contributed by atoms with E-state index in [1.54, 1.807) is 20.4 Å². The summed E-state index contributed by atoms with van der Waals surface area (Å²) in [4.78, 5) is 2.34. The second-order valence-electron chi connectivity index (χ2n) is 7.60. The van der Waals surface area contributed by atoms with E-state index < -0.39 is 0 Å². The molecule has 0 amide bonds. The van der Waals surface area contributed by atoms with Gasteiger partial charge in [-0.15, -0.1) is 5.10 Å². The lowest BCUT2D eigenvalue weighted by Crippen LogP contribution is -2.37. The zero-order valence-corrected chi connectivity index (χ0v) is 17.0. The molecule has 6 heteroatoms. The Hall–Kier alpha value is -2.86. The molecule has 29 heavy (non-hydrogen) atoms. The predicted octanol–water partition coefficient (Wildman–Crippen LogP) is 3.60. The summed E-state index contributed by atoms with van der Waals surface area (Å²) in [6.45, 7) is 1.99. The minimum atomic E-state index is 0.0848. The third-order valence-electron chi connectivity index (χ3n) is 5.66. The SMILES string of the molecule is COc1cc2cnnc(N3CCCC(Cc4cccc(CO)c4)C3)c2cc1OC. The van der Waals surface area contributed by atoms with Crippen LogP contribution in [0.15, 0.2) is 42.6 Å². The summed E-state index contributed by atoms with van der Waals surface area (Å²) in [5.41, 5.74) is 2.25. The van der Waals surface area contributed by atoms with Crippen molar-refractivity contribution in [3.8, 4) is 11.5 Å². The van der Waals surface area contributed by atoms with Gasteiger partial charge in [0.2, 0.25) is 0 Å². The zero-order valence-electron chi connectivity index (χ0n) is 17.0.